The molecule has 1 aliphatic heterocycles. The Kier molecular flexibility index (Phi) is 3.62. The van der Waals surface area contributed by atoms with Crippen molar-refractivity contribution in [3.05, 3.63) is 58.1 Å². The molecule has 0 spiro atoms. The number of benzene rings is 2. The smallest absolute Gasteiger partial charge is 0.122 e. The molecule has 21 heavy (non-hydrogen) atoms. The van der Waals surface area contributed by atoms with Gasteiger partial charge >= 0.3 is 0 Å². The fourth-order valence-electron chi connectivity index (χ4n) is 3.47. The Balaban J connectivity index is 1.85. The van der Waals surface area contributed by atoms with Crippen LogP contribution in [0.25, 0.3) is 0 Å². The van der Waals surface area contributed by atoms with E-state index in [-0.39, 0.29) is 0 Å². The first-order valence-corrected chi connectivity index (χ1v) is 7.64. The minimum Gasteiger partial charge on any atom is -0.493 e. The van der Waals surface area contributed by atoms with Crippen LogP contribution in [-0.4, -0.2) is 6.61 Å². The lowest BCUT2D eigenvalue weighted by molar-refractivity contribution is 0.357. The largest absolute Gasteiger partial charge is 0.493 e. The van der Waals surface area contributed by atoms with E-state index in [1.807, 2.05) is 0 Å². The second kappa shape index (κ2) is 5.44. The van der Waals surface area contributed by atoms with Crippen molar-refractivity contribution in [3.8, 4) is 5.75 Å². The molecule has 1 unspecified atom stereocenters. The van der Waals surface area contributed by atoms with E-state index in [1.54, 1.807) is 0 Å². The average molecular weight is 281 g/mol. The van der Waals surface area contributed by atoms with Crippen LogP contribution in [0.3, 0.4) is 0 Å². The van der Waals surface area contributed by atoms with Crippen LogP contribution in [0.4, 0.5) is 5.69 Å². The van der Waals surface area contributed by atoms with Crippen molar-refractivity contribution in [2.24, 2.45) is 0 Å². The van der Waals surface area contributed by atoms with Crippen LogP contribution in [0, 0.1) is 20.8 Å². The zero-order valence-corrected chi connectivity index (χ0v) is 13.3. The monoisotopic (exact) mass is 281 g/mol. The van der Waals surface area contributed by atoms with Gasteiger partial charge in [-0.3, -0.25) is 0 Å². The number of rotatable bonds is 3. The van der Waals surface area contributed by atoms with Crippen LogP contribution in [0.1, 0.15) is 40.8 Å². The van der Waals surface area contributed by atoms with Crippen LogP contribution >= 0.6 is 0 Å². The predicted molar refractivity (Wildman–Crippen MR) is 88.3 cm³/mol. The first-order valence-electron chi connectivity index (χ1n) is 7.64. The van der Waals surface area contributed by atoms with Crippen molar-refractivity contribution < 1.29 is 4.74 Å². The molecule has 2 heteroatoms. The topological polar surface area (TPSA) is 21.3 Å². The Labute approximate surface area is 127 Å². The summed E-state index contributed by atoms with van der Waals surface area (Å²) in [7, 11) is 0. The van der Waals surface area contributed by atoms with Crippen molar-refractivity contribution in [2.75, 3.05) is 11.9 Å². The molecule has 1 aliphatic rings. The number of aryl methyl sites for hydroxylation is 3. The molecule has 3 rings (SSSR count). The van der Waals surface area contributed by atoms with E-state index in [0.717, 1.165) is 18.8 Å². The van der Waals surface area contributed by atoms with E-state index >= 15 is 0 Å². The van der Waals surface area contributed by atoms with Crippen molar-refractivity contribution >= 4 is 5.69 Å². The second-order valence-electron chi connectivity index (χ2n) is 6.10. The van der Waals surface area contributed by atoms with Gasteiger partial charge in [-0.25, -0.2) is 0 Å². The van der Waals surface area contributed by atoms with Gasteiger partial charge in [-0.2, -0.15) is 0 Å². The van der Waals surface area contributed by atoms with E-state index in [0.29, 0.717) is 6.04 Å². The SMILES string of the molecule is Cc1cc(C)c(C(C)Nc2ccc3c(c2)CCO3)c(C)c1. The fraction of sp³-hybridized carbons (Fsp3) is 0.368. The average Bonchev–Trinajstić information content (AvgIpc) is 2.84. The van der Waals surface area contributed by atoms with E-state index < -0.39 is 0 Å². The summed E-state index contributed by atoms with van der Waals surface area (Å²) >= 11 is 0. The molecule has 2 aromatic carbocycles. The summed E-state index contributed by atoms with van der Waals surface area (Å²) in [6.45, 7) is 9.59. The lowest BCUT2D eigenvalue weighted by atomic mass is 9.94. The molecule has 110 valence electrons. The zero-order valence-electron chi connectivity index (χ0n) is 13.3. The van der Waals surface area contributed by atoms with Gasteiger partial charge in [0.25, 0.3) is 0 Å². The van der Waals surface area contributed by atoms with Crippen LogP contribution in [-0.2, 0) is 6.42 Å². The lowest BCUT2D eigenvalue weighted by Gasteiger charge is -2.21. The molecular weight excluding hydrogens is 258 g/mol. The third-order valence-corrected chi connectivity index (χ3v) is 4.24. The highest BCUT2D eigenvalue weighted by molar-refractivity contribution is 5.54. The van der Waals surface area contributed by atoms with Crippen molar-refractivity contribution in [3.63, 3.8) is 0 Å². The summed E-state index contributed by atoms with van der Waals surface area (Å²) in [5.41, 5.74) is 7.93. The molecule has 0 aliphatic carbocycles. The predicted octanol–water partition coefficient (Wildman–Crippen LogP) is 4.72. The Hall–Kier alpha value is -1.96. The third-order valence-electron chi connectivity index (χ3n) is 4.24. The maximum Gasteiger partial charge on any atom is 0.122 e. The van der Waals surface area contributed by atoms with Gasteiger partial charge in [-0.1, -0.05) is 17.7 Å². The van der Waals surface area contributed by atoms with Gasteiger partial charge in [-0.15, -0.1) is 0 Å². The Morgan fingerprint density at radius 1 is 1.05 bits per heavy atom. The number of ether oxygens (including phenoxy) is 1. The van der Waals surface area contributed by atoms with Crippen LogP contribution < -0.4 is 10.1 Å². The number of nitrogens with one attached hydrogen (secondary N) is 1. The molecule has 0 fully saturated rings. The molecule has 0 saturated carbocycles. The molecule has 0 bridgehead atoms. The van der Waals surface area contributed by atoms with Gasteiger partial charge in [0.05, 0.1) is 6.61 Å². The standard InChI is InChI=1S/C19H23NO/c1-12-9-13(2)19(14(3)10-12)15(4)20-17-5-6-18-16(11-17)7-8-21-18/h5-6,9-11,15,20H,7-8H2,1-4H3. The molecule has 0 aromatic heterocycles. The quantitative estimate of drug-likeness (QED) is 0.879. The minimum atomic E-state index is 0.297. The van der Waals surface area contributed by atoms with Crippen LogP contribution in [0.5, 0.6) is 5.75 Å². The molecule has 1 N–H and O–H groups in total. The molecule has 2 nitrogen and oxygen atoms in total. The summed E-state index contributed by atoms with van der Waals surface area (Å²) in [4.78, 5) is 0. The highest BCUT2D eigenvalue weighted by Gasteiger charge is 2.15. The summed E-state index contributed by atoms with van der Waals surface area (Å²) in [6, 6.07) is 11.2. The van der Waals surface area contributed by atoms with Gasteiger partial charge < -0.3 is 10.1 Å². The molecule has 0 saturated heterocycles. The molecule has 0 radical (unpaired) electrons. The Bertz CT molecular complexity index is 652. The normalized spacial score (nSPS) is 14.5. The molecular formula is C19H23NO. The number of hydrogen-bond donors (Lipinski definition) is 1. The number of hydrogen-bond acceptors (Lipinski definition) is 2. The summed E-state index contributed by atoms with van der Waals surface area (Å²) in [6.07, 6.45) is 1.02. The van der Waals surface area contributed by atoms with E-state index in [4.69, 9.17) is 4.74 Å². The van der Waals surface area contributed by atoms with Crippen molar-refractivity contribution in [1.29, 1.82) is 0 Å². The lowest BCUT2D eigenvalue weighted by Crippen LogP contribution is -2.10. The van der Waals surface area contributed by atoms with Gasteiger partial charge in [0.15, 0.2) is 0 Å². The molecule has 2 aromatic rings. The number of fused-ring (bicyclic) bond motifs is 1. The summed E-state index contributed by atoms with van der Waals surface area (Å²) in [5.74, 6) is 1.04. The maximum absolute atomic E-state index is 5.57. The van der Waals surface area contributed by atoms with Crippen LogP contribution in [0.15, 0.2) is 30.3 Å². The minimum absolute atomic E-state index is 0.297. The van der Waals surface area contributed by atoms with Crippen LogP contribution in [0.2, 0.25) is 0 Å². The van der Waals surface area contributed by atoms with E-state index in [9.17, 15) is 0 Å². The summed E-state index contributed by atoms with van der Waals surface area (Å²) < 4.78 is 5.57. The molecule has 1 heterocycles. The van der Waals surface area contributed by atoms with E-state index in [1.165, 1.54) is 33.5 Å². The highest BCUT2D eigenvalue weighted by atomic mass is 16.5. The maximum atomic E-state index is 5.57. The Morgan fingerprint density at radius 3 is 2.48 bits per heavy atom. The zero-order chi connectivity index (χ0) is 15.0. The van der Waals surface area contributed by atoms with Gasteiger partial charge in [0.2, 0.25) is 0 Å². The van der Waals surface area contributed by atoms with Gasteiger partial charge in [0, 0.05) is 18.2 Å². The van der Waals surface area contributed by atoms with Gasteiger partial charge in [-0.05, 0) is 68.1 Å². The third kappa shape index (κ3) is 2.76. The van der Waals surface area contributed by atoms with Gasteiger partial charge in [0.1, 0.15) is 5.75 Å². The second-order valence-corrected chi connectivity index (χ2v) is 6.10. The van der Waals surface area contributed by atoms with Crippen molar-refractivity contribution in [1.82, 2.24) is 0 Å². The highest BCUT2D eigenvalue weighted by Crippen LogP contribution is 2.31. The first-order chi connectivity index (χ1) is 10.0. The van der Waals surface area contributed by atoms with Crippen molar-refractivity contribution in [2.45, 2.75) is 40.2 Å². The first kappa shape index (κ1) is 14.0. The molecule has 1 atom stereocenters. The fourth-order valence-corrected chi connectivity index (χ4v) is 3.47. The van der Waals surface area contributed by atoms with E-state index in [2.05, 4.69) is 63.3 Å². The molecule has 0 amide bonds. The number of anilines is 1. The Morgan fingerprint density at radius 2 is 1.76 bits per heavy atom. The summed E-state index contributed by atoms with van der Waals surface area (Å²) in [5, 5.41) is 3.63.